The number of rotatable bonds is 1. The maximum absolute atomic E-state index is 13.6. The Morgan fingerprint density at radius 2 is 2.21 bits per heavy atom. The first-order chi connectivity index (χ1) is 9.00. The number of hydrogen-bond acceptors (Lipinski definition) is 3. The molecule has 0 aliphatic carbocycles. The average Bonchev–Trinajstić information content (AvgIpc) is 2.80. The van der Waals surface area contributed by atoms with E-state index in [1.54, 1.807) is 4.57 Å². The van der Waals surface area contributed by atoms with Crippen LogP contribution in [0.3, 0.4) is 0 Å². The van der Waals surface area contributed by atoms with Gasteiger partial charge in [0.1, 0.15) is 11.4 Å². The van der Waals surface area contributed by atoms with Gasteiger partial charge in [-0.05, 0) is 28.1 Å². The van der Waals surface area contributed by atoms with Crippen molar-refractivity contribution in [2.75, 3.05) is 5.75 Å². The van der Waals surface area contributed by atoms with Gasteiger partial charge in [-0.15, -0.1) is 11.8 Å². The fourth-order valence-electron chi connectivity index (χ4n) is 2.21. The van der Waals surface area contributed by atoms with E-state index in [1.807, 2.05) is 0 Å². The van der Waals surface area contributed by atoms with Gasteiger partial charge in [-0.1, -0.05) is 0 Å². The van der Waals surface area contributed by atoms with E-state index in [4.69, 9.17) is 0 Å². The van der Waals surface area contributed by atoms with Crippen LogP contribution in [-0.4, -0.2) is 21.4 Å². The summed E-state index contributed by atoms with van der Waals surface area (Å²) in [4.78, 5) is 23.5. The topological polar surface area (TPSA) is 59.3 Å². The molecular formula is C12H7BrFNO3S. The highest BCUT2D eigenvalue weighted by Gasteiger charge is 2.26. The molecule has 1 aliphatic heterocycles. The molecule has 0 atom stereocenters. The molecule has 0 amide bonds. The molecule has 0 saturated carbocycles. The number of nitrogens with zero attached hydrogens (tertiary/aromatic N) is 1. The van der Waals surface area contributed by atoms with Crippen molar-refractivity contribution in [3.63, 3.8) is 0 Å². The van der Waals surface area contributed by atoms with Crippen LogP contribution < -0.4 is 5.43 Å². The number of aromatic carboxylic acids is 1. The van der Waals surface area contributed by atoms with Crippen LogP contribution in [0.15, 0.2) is 26.4 Å². The van der Waals surface area contributed by atoms with Crippen molar-refractivity contribution in [2.45, 2.75) is 11.6 Å². The van der Waals surface area contributed by atoms with Crippen LogP contribution in [0.4, 0.5) is 4.39 Å². The highest BCUT2D eigenvalue weighted by Crippen LogP contribution is 2.33. The Balaban J connectivity index is 2.55. The minimum Gasteiger partial charge on any atom is -0.477 e. The summed E-state index contributed by atoms with van der Waals surface area (Å²) in [6.07, 6.45) is 0. The minimum absolute atomic E-state index is 0.101. The van der Waals surface area contributed by atoms with Gasteiger partial charge < -0.3 is 9.67 Å². The van der Waals surface area contributed by atoms with Crippen LogP contribution in [0.1, 0.15) is 10.4 Å². The molecule has 7 heteroatoms. The second-order valence-corrected chi connectivity index (χ2v) is 6.04. The first kappa shape index (κ1) is 12.7. The highest BCUT2D eigenvalue weighted by molar-refractivity contribution is 9.10. The molecule has 0 unspecified atom stereocenters. The molecule has 1 N–H and O–H groups in total. The van der Waals surface area contributed by atoms with Crippen LogP contribution in [0.25, 0.3) is 10.9 Å². The zero-order valence-electron chi connectivity index (χ0n) is 9.44. The molecule has 0 radical (unpaired) electrons. The van der Waals surface area contributed by atoms with E-state index < -0.39 is 17.2 Å². The monoisotopic (exact) mass is 343 g/mol. The van der Waals surface area contributed by atoms with E-state index in [9.17, 15) is 19.1 Å². The lowest BCUT2D eigenvalue weighted by Crippen LogP contribution is -2.20. The molecule has 19 heavy (non-hydrogen) atoms. The van der Waals surface area contributed by atoms with Gasteiger partial charge >= 0.3 is 5.97 Å². The Morgan fingerprint density at radius 1 is 1.47 bits per heavy atom. The fraction of sp³-hybridized carbons (Fsp3) is 0.167. The first-order valence-corrected chi connectivity index (χ1v) is 7.20. The van der Waals surface area contributed by atoms with Crippen LogP contribution in [0, 0.1) is 5.82 Å². The molecule has 0 saturated heterocycles. The molecule has 0 fully saturated rings. The fourth-order valence-corrected chi connectivity index (χ4v) is 3.68. The molecule has 2 aromatic rings. The number of aryl methyl sites for hydroxylation is 1. The number of thioether (sulfide) groups is 1. The number of carbonyl (C=O) groups is 1. The summed E-state index contributed by atoms with van der Waals surface area (Å²) in [5.74, 6) is -1.14. The summed E-state index contributed by atoms with van der Waals surface area (Å²) >= 11 is 4.42. The molecule has 0 spiro atoms. The number of carboxylic acid groups (broad SMARTS) is 1. The van der Waals surface area contributed by atoms with Crippen molar-refractivity contribution < 1.29 is 14.3 Å². The van der Waals surface area contributed by atoms with Crippen LogP contribution in [0.2, 0.25) is 0 Å². The van der Waals surface area contributed by atoms with E-state index >= 15 is 0 Å². The Bertz CT molecular complexity index is 787. The smallest absolute Gasteiger partial charge is 0.342 e. The van der Waals surface area contributed by atoms with E-state index in [-0.39, 0.29) is 15.4 Å². The van der Waals surface area contributed by atoms with Crippen molar-refractivity contribution in [2.24, 2.45) is 0 Å². The summed E-state index contributed by atoms with van der Waals surface area (Å²) in [5, 5.41) is 9.73. The SMILES string of the molecule is O=C(O)c1c2n(c3cc(Br)c(F)cc3c1=O)CCS2. The van der Waals surface area contributed by atoms with Crippen LogP contribution >= 0.6 is 27.7 Å². The van der Waals surface area contributed by atoms with E-state index in [0.29, 0.717) is 22.8 Å². The molecule has 1 aromatic carbocycles. The maximum atomic E-state index is 13.6. The van der Waals surface area contributed by atoms with Gasteiger partial charge in [0.05, 0.1) is 15.0 Å². The highest BCUT2D eigenvalue weighted by atomic mass is 79.9. The first-order valence-electron chi connectivity index (χ1n) is 5.42. The van der Waals surface area contributed by atoms with Gasteiger partial charge in [0.25, 0.3) is 0 Å². The maximum Gasteiger partial charge on any atom is 0.342 e. The second kappa shape index (κ2) is 4.35. The molecular weight excluding hydrogens is 337 g/mol. The Labute approximate surface area is 119 Å². The lowest BCUT2D eigenvalue weighted by molar-refractivity contribution is 0.0690. The Morgan fingerprint density at radius 3 is 2.89 bits per heavy atom. The standard InChI is InChI=1S/C12H7BrFNO3S/c13-6-4-8-5(3-7(6)14)10(16)9(12(17)18)11-15(8)1-2-19-11/h3-4H,1-2H2,(H,17,18). The second-order valence-electron chi connectivity index (χ2n) is 4.10. The molecule has 1 aromatic heterocycles. The van der Waals surface area contributed by atoms with Crippen molar-refractivity contribution >= 4 is 44.6 Å². The van der Waals surface area contributed by atoms with Gasteiger partial charge in [0, 0.05) is 17.7 Å². The van der Waals surface area contributed by atoms with Crippen molar-refractivity contribution in [3.8, 4) is 0 Å². The summed E-state index contributed by atoms with van der Waals surface area (Å²) in [7, 11) is 0. The lowest BCUT2D eigenvalue weighted by Gasteiger charge is -2.11. The van der Waals surface area contributed by atoms with Gasteiger partial charge in [-0.3, -0.25) is 4.79 Å². The number of fused-ring (bicyclic) bond motifs is 3. The third-order valence-electron chi connectivity index (χ3n) is 3.03. The quantitative estimate of drug-likeness (QED) is 0.864. The van der Waals surface area contributed by atoms with Gasteiger partial charge in [0.2, 0.25) is 5.43 Å². The summed E-state index contributed by atoms with van der Waals surface area (Å²) < 4.78 is 15.6. The minimum atomic E-state index is -1.27. The molecule has 0 bridgehead atoms. The average molecular weight is 344 g/mol. The molecule has 2 heterocycles. The number of halogens is 2. The summed E-state index contributed by atoms with van der Waals surface area (Å²) in [6, 6.07) is 2.61. The third-order valence-corrected chi connectivity index (χ3v) is 4.72. The predicted octanol–water partition coefficient (Wildman–Crippen LogP) is 2.71. The summed E-state index contributed by atoms with van der Waals surface area (Å²) in [5.41, 5.74) is -0.338. The molecule has 98 valence electrons. The largest absolute Gasteiger partial charge is 0.477 e. The van der Waals surface area contributed by atoms with Crippen molar-refractivity contribution in [1.82, 2.24) is 4.57 Å². The lowest BCUT2D eigenvalue weighted by atomic mass is 10.1. The normalized spacial score (nSPS) is 13.8. The van der Waals surface area contributed by atoms with E-state index in [2.05, 4.69) is 15.9 Å². The Hall–Kier alpha value is -1.34. The van der Waals surface area contributed by atoms with Gasteiger partial charge in [0.15, 0.2) is 0 Å². The zero-order chi connectivity index (χ0) is 13.7. The third kappa shape index (κ3) is 1.80. The van der Waals surface area contributed by atoms with E-state index in [1.165, 1.54) is 17.8 Å². The molecule has 3 rings (SSSR count). The molecule has 4 nitrogen and oxygen atoms in total. The number of benzene rings is 1. The number of aromatic nitrogens is 1. The van der Waals surface area contributed by atoms with Crippen molar-refractivity contribution in [1.29, 1.82) is 0 Å². The number of hydrogen-bond donors (Lipinski definition) is 1. The number of pyridine rings is 1. The van der Waals surface area contributed by atoms with Crippen molar-refractivity contribution in [3.05, 3.63) is 38.2 Å². The van der Waals surface area contributed by atoms with Crippen LogP contribution in [-0.2, 0) is 6.54 Å². The van der Waals surface area contributed by atoms with E-state index in [0.717, 1.165) is 6.07 Å². The molecule has 1 aliphatic rings. The van der Waals surface area contributed by atoms with Crippen LogP contribution in [0.5, 0.6) is 0 Å². The predicted molar refractivity (Wildman–Crippen MR) is 73.5 cm³/mol. The Kier molecular flexibility index (Phi) is 2.90. The zero-order valence-corrected chi connectivity index (χ0v) is 11.8. The van der Waals surface area contributed by atoms with Gasteiger partial charge in [-0.25, -0.2) is 9.18 Å². The number of carboxylic acids is 1. The van der Waals surface area contributed by atoms with Gasteiger partial charge in [-0.2, -0.15) is 0 Å². The summed E-state index contributed by atoms with van der Waals surface area (Å²) in [6.45, 7) is 0.606.